The van der Waals surface area contributed by atoms with E-state index in [4.69, 9.17) is 0 Å². The third kappa shape index (κ3) is 4.00. The number of nitrogens with zero attached hydrogens (tertiary/aromatic N) is 6. The smallest absolute Gasteiger partial charge is 0.222 e. The monoisotopic (exact) mass is 410 g/mol. The van der Waals surface area contributed by atoms with Gasteiger partial charge in [0.05, 0.1) is 6.04 Å². The highest BCUT2D eigenvalue weighted by Gasteiger charge is 2.47. The minimum absolute atomic E-state index is 0.217. The molecular weight excluding hydrogens is 376 g/mol. The quantitative estimate of drug-likeness (QED) is 0.698. The number of piperidine rings is 1. The second-order valence-electron chi connectivity index (χ2n) is 8.69. The Morgan fingerprint density at radius 3 is 2.63 bits per heavy atom. The Morgan fingerprint density at radius 1 is 1.17 bits per heavy atom. The molecule has 1 amide bonds. The summed E-state index contributed by atoms with van der Waals surface area (Å²) in [6, 6.07) is 11.0. The van der Waals surface area contributed by atoms with Crippen molar-refractivity contribution in [3.63, 3.8) is 0 Å². The first kappa shape index (κ1) is 21.0. The number of aromatic nitrogens is 4. The van der Waals surface area contributed by atoms with E-state index in [1.54, 1.807) is 0 Å². The minimum atomic E-state index is -0.361. The van der Waals surface area contributed by atoms with Crippen molar-refractivity contribution in [1.82, 2.24) is 30.0 Å². The molecule has 1 unspecified atom stereocenters. The molecule has 7 nitrogen and oxygen atoms in total. The van der Waals surface area contributed by atoms with Crippen molar-refractivity contribution in [2.45, 2.75) is 76.9 Å². The number of carbonyl (C=O) groups excluding carboxylic acids is 1. The Kier molecular flexibility index (Phi) is 6.46. The summed E-state index contributed by atoms with van der Waals surface area (Å²) in [7, 11) is 0. The van der Waals surface area contributed by atoms with Crippen molar-refractivity contribution < 1.29 is 4.79 Å². The van der Waals surface area contributed by atoms with Crippen LogP contribution < -0.4 is 0 Å². The maximum atomic E-state index is 12.7. The van der Waals surface area contributed by atoms with Gasteiger partial charge in [0.25, 0.3) is 0 Å². The van der Waals surface area contributed by atoms with Crippen molar-refractivity contribution in [2.75, 3.05) is 19.6 Å². The number of tetrazole rings is 1. The molecule has 2 fully saturated rings. The largest absolute Gasteiger partial charge is 0.340 e. The summed E-state index contributed by atoms with van der Waals surface area (Å²) in [6.07, 6.45) is 7.21. The second kappa shape index (κ2) is 9.25. The van der Waals surface area contributed by atoms with E-state index in [1.165, 1.54) is 18.4 Å². The van der Waals surface area contributed by atoms with Crippen LogP contribution in [0.3, 0.4) is 0 Å². The summed E-state index contributed by atoms with van der Waals surface area (Å²) in [6.45, 7) is 7.33. The Morgan fingerprint density at radius 2 is 1.93 bits per heavy atom. The maximum Gasteiger partial charge on any atom is 0.222 e. The number of hydrogen-bond donors (Lipinski definition) is 0. The van der Waals surface area contributed by atoms with E-state index in [-0.39, 0.29) is 11.4 Å². The molecule has 1 aliphatic heterocycles. The van der Waals surface area contributed by atoms with Gasteiger partial charge in [0.15, 0.2) is 5.82 Å². The fraction of sp³-hybridized carbons (Fsp3) is 0.652. The van der Waals surface area contributed by atoms with Crippen molar-refractivity contribution in [3.8, 4) is 0 Å². The van der Waals surface area contributed by atoms with Crippen molar-refractivity contribution in [3.05, 3.63) is 41.7 Å². The topological polar surface area (TPSA) is 67.2 Å². The van der Waals surface area contributed by atoms with Crippen LogP contribution in [0.4, 0.5) is 0 Å². The van der Waals surface area contributed by atoms with E-state index < -0.39 is 0 Å². The molecular formula is C23H34N6O. The lowest BCUT2D eigenvalue weighted by atomic mass is 9.85. The predicted octanol–water partition coefficient (Wildman–Crippen LogP) is 3.54. The lowest BCUT2D eigenvalue weighted by Crippen LogP contribution is -2.58. The van der Waals surface area contributed by atoms with Crippen LogP contribution >= 0.6 is 0 Å². The van der Waals surface area contributed by atoms with Crippen LogP contribution in [0.25, 0.3) is 0 Å². The summed E-state index contributed by atoms with van der Waals surface area (Å²) in [5.41, 5.74) is 0.914. The number of amides is 1. The average molecular weight is 411 g/mol. The molecule has 7 heteroatoms. The number of hydrogen-bond acceptors (Lipinski definition) is 5. The molecule has 2 heterocycles. The molecule has 4 rings (SSSR count). The van der Waals surface area contributed by atoms with E-state index in [0.717, 1.165) is 51.1 Å². The number of carbonyl (C=O) groups is 1. The SMILES string of the molecule is CCC(=O)N1CCCC(c2nnnn2C2CCCC2)(N(CC)Cc2ccccc2)C1. The van der Waals surface area contributed by atoms with Crippen molar-refractivity contribution in [2.24, 2.45) is 0 Å². The first-order valence-electron chi connectivity index (χ1n) is 11.5. The van der Waals surface area contributed by atoms with Gasteiger partial charge in [0.1, 0.15) is 5.54 Å². The Hall–Kier alpha value is -2.28. The predicted molar refractivity (Wildman–Crippen MR) is 116 cm³/mol. The second-order valence-corrected chi connectivity index (χ2v) is 8.69. The van der Waals surface area contributed by atoms with E-state index in [0.29, 0.717) is 19.0 Å². The number of benzene rings is 1. The van der Waals surface area contributed by atoms with Gasteiger partial charge in [-0.05, 0) is 48.2 Å². The average Bonchev–Trinajstić information content (AvgIpc) is 3.49. The zero-order valence-corrected chi connectivity index (χ0v) is 18.3. The van der Waals surface area contributed by atoms with Gasteiger partial charge in [-0.2, -0.15) is 0 Å². The highest BCUT2D eigenvalue weighted by molar-refractivity contribution is 5.76. The fourth-order valence-corrected chi connectivity index (χ4v) is 5.32. The van der Waals surface area contributed by atoms with Crippen LogP contribution in [0.5, 0.6) is 0 Å². The van der Waals surface area contributed by atoms with Crippen molar-refractivity contribution >= 4 is 5.91 Å². The van der Waals surface area contributed by atoms with Crippen LogP contribution in [0, 0.1) is 0 Å². The Balaban J connectivity index is 1.75. The van der Waals surface area contributed by atoms with Crippen LogP contribution in [-0.4, -0.2) is 55.5 Å². The fourth-order valence-electron chi connectivity index (χ4n) is 5.32. The molecule has 1 saturated carbocycles. The zero-order valence-electron chi connectivity index (χ0n) is 18.3. The molecule has 2 aromatic rings. The maximum absolute atomic E-state index is 12.7. The molecule has 0 bridgehead atoms. The molecule has 1 atom stereocenters. The highest BCUT2D eigenvalue weighted by atomic mass is 16.2. The standard InChI is InChI=1S/C23H34N6O/c1-3-21(30)27-16-10-15-23(18-27,28(4-2)17-19-11-6-5-7-12-19)22-24-25-26-29(22)20-13-8-9-14-20/h5-7,11-12,20H,3-4,8-10,13-18H2,1-2H3. The molecule has 1 aromatic heterocycles. The molecule has 1 aliphatic carbocycles. The Bertz CT molecular complexity index is 831. The van der Waals surface area contributed by atoms with Crippen LogP contribution in [-0.2, 0) is 16.9 Å². The van der Waals surface area contributed by atoms with Gasteiger partial charge in [-0.15, -0.1) is 5.10 Å². The number of likely N-dealkylation sites (N-methyl/N-ethyl adjacent to an activating group) is 1. The summed E-state index contributed by atoms with van der Waals surface area (Å²) < 4.78 is 2.10. The van der Waals surface area contributed by atoms with Gasteiger partial charge in [-0.1, -0.05) is 57.0 Å². The summed E-state index contributed by atoms with van der Waals surface area (Å²) in [4.78, 5) is 17.2. The molecule has 1 saturated heterocycles. The molecule has 162 valence electrons. The lowest BCUT2D eigenvalue weighted by Gasteiger charge is -2.48. The van der Waals surface area contributed by atoms with E-state index in [9.17, 15) is 4.79 Å². The summed E-state index contributed by atoms with van der Waals surface area (Å²) in [5, 5.41) is 13.2. The number of likely N-dealkylation sites (tertiary alicyclic amines) is 1. The molecule has 0 radical (unpaired) electrons. The van der Waals surface area contributed by atoms with Gasteiger partial charge < -0.3 is 4.90 Å². The third-order valence-corrected chi connectivity index (χ3v) is 6.91. The number of rotatable bonds is 7. The molecule has 0 N–H and O–H groups in total. The Labute approximate surface area is 179 Å². The van der Waals surface area contributed by atoms with E-state index in [1.807, 2.05) is 11.8 Å². The van der Waals surface area contributed by atoms with Gasteiger partial charge in [-0.3, -0.25) is 9.69 Å². The molecule has 0 spiro atoms. The van der Waals surface area contributed by atoms with Gasteiger partial charge in [0.2, 0.25) is 5.91 Å². The lowest BCUT2D eigenvalue weighted by molar-refractivity contribution is -0.136. The normalized spacial score (nSPS) is 22.7. The molecule has 2 aliphatic rings. The van der Waals surface area contributed by atoms with Crippen LogP contribution in [0.2, 0.25) is 0 Å². The first-order chi connectivity index (χ1) is 14.7. The zero-order chi connectivity index (χ0) is 21.0. The third-order valence-electron chi connectivity index (χ3n) is 6.91. The van der Waals surface area contributed by atoms with E-state index in [2.05, 4.69) is 62.4 Å². The van der Waals surface area contributed by atoms with Crippen molar-refractivity contribution in [1.29, 1.82) is 0 Å². The highest BCUT2D eigenvalue weighted by Crippen LogP contribution is 2.40. The van der Waals surface area contributed by atoms with Gasteiger partial charge >= 0.3 is 0 Å². The summed E-state index contributed by atoms with van der Waals surface area (Å²) in [5.74, 6) is 1.16. The first-order valence-corrected chi connectivity index (χ1v) is 11.5. The molecule has 1 aromatic carbocycles. The van der Waals surface area contributed by atoms with Crippen LogP contribution in [0.1, 0.15) is 76.2 Å². The minimum Gasteiger partial charge on any atom is -0.340 e. The van der Waals surface area contributed by atoms with Gasteiger partial charge in [-0.25, -0.2) is 4.68 Å². The van der Waals surface area contributed by atoms with Gasteiger partial charge in [0, 0.05) is 26.1 Å². The summed E-state index contributed by atoms with van der Waals surface area (Å²) >= 11 is 0. The van der Waals surface area contributed by atoms with Crippen LogP contribution in [0.15, 0.2) is 30.3 Å². The molecule has 30 heavy (non-hydrogen) atoms. The van der Waals surface area contributed by atoms with E-state index >= 15 is 0 Å².